The van der Waals surface area contributed by atoms with Crippen molar-refractivity contribution in [3.8, 4) is 0 Å². The van der Waals surface area contributed by atoms with E-state index in [1.54, 1.807) is 60.1 Å². The summed E-state index contributed by atoms with van der Waals surface area (Å²) in [5.41, 5.74) is 0.829. The number of aliphatic carboxylic acids is 1. The van der Waals surface area contributed by atoms with Crippen LogP contribution in [0.3, 0.4) is 0 Å². The van der Waals surface area contributed by atoms with Crippen LogP contribution in [0, 0.1) is 0 Å². The minimum Gasteiger partial charge on any atom is -0.481 e. The number of hydrogen-bond donors (Lipinski definition) is 6. The summed E-state index contributed by atoms with van der Waals surface area (Å²) >= 11 is 0. The molecule has 0 fully saturated rings. The van der Waals surface area contributed by atoms with Gasteiger partial charge in [-0.2, -0.15) is 46.7 Å². The maximum Gasteiger partial charge on any atom is 0.303 e. The quantitative estimate of drug-likeness (QED) is 0.0185. The first kappa shape index (κ1) is 58.0. The zero-order valence-corrected chi connectivity index (χ0v) is 44.7. The summed E-state index contributed by atoms with van der Waals surface area (Å²) in [7, 11) is -21.6. The molecule has 4 aromatic rings. The van der Waals surface area contributed by atoms with Gasteiger partial charge in [-0.15, -0.1) is 0 Å². The van der Waals surface area contributed by atoms with Crippen LogP contribution in [0.1, 0.15) is 69.9 Å². The molecule has 0 aliphatic carbocycles. The molecule has 2 unspecified atom stereocenters. The van der Waals surface area contributed by atoms with Crippen LogP contribution in [0.15, 0.2) is 116 Å². The van der Waals surface area contributed by atoms with E-state index in [2.05, 4.69) is 0 Å². The van der Waals surface area contributed by atoms with Crippen LogP contribution in [0.25, 0.3) is 21.5 Å². The molecule has 0 amide bonds. The van der Waals surface area contributed by atoms with E-state index in [0.717, 1.165) is 12.1 Å². The Morgan fingerprint density at radius 2 is 1.15 bits per heavy atom. The van der Waals surface area contributed by atoms with Gasteiger partial charge < -0.3 is 19.5 Å². The van der Waals surface area contributed by atoms with Crippen LogP contribution in [0.4, 0.5) is 11.4 Å². The molecule has 0 spiro atoms. The number of carboxylic acid groups (broad SMARTS) is 1. The monoisotopic (exact) mass is 1130 g/mol. The molecule has 21 nitrogen and oxygen atoms in total. The summed E-state index contributed by atoms with van der Waals surface area (Å²) in [4.78, 5) is 10.2. The molecule has 6 N–H and O–H groups in total. The van der Waals surface area contributed by atoms with E-state index < -0.39 is 92.7 Å². The van der Waals surface area contributed by atoms with Crippen LogP contribution in [0.2, 0.25) is 0 Å². The van der Waals surface area contributed by atoms with E-state index in [9.17, 15) is 74.8 Å². The van der Waals surface area contributed by atoms with Crippen molar-refractivity contribution in [1.82, 2.24) is 0 Å². The molecule has 2 aliphatic heterocycles. The molecule has 0 radical (unpaired) electrons. The number of allylic oxidation sites excluding steroid dienone is 8. The SMILES string of the molecule is COCCC1(C)C(/C=C/C=C/C=C/C=C2/N(CCCCCC(=O)O)c3ccc4c(S(=O)(=O)O)cc(S(=O)(=O)O)cc4c3C2(C)CCOC)=[N+](CCCS(=O)(=O)O)c2ccc3c(S(=O)(=O)O)cc(S(=O)(=O)O)cc3c21. The fraction of sp³-hybridized carbons (Fsp3) is 0.375. The lowest BCUT2D eigenvalue weighted by Crippen LogP contribution is -2.33. The fourth-order valence-electron chi connectivity index (χ4n) is 9.94. The van der Waals surface area contributed by atoms with Gasteiger partial charge >= 0.3 is 5.97 Å². The average Bonchev–Trinajstić information content (AvgIpc) is 3.67. The van der Waals surface area contributed by atoms with Gasteiger partial charge in [-0.05, 0) is 98.3 Å². The number of methoxy groups -OCH3 is 2. The molecule has 0 aromatic heterocycles. The first-order valence-electron chi connectivity index (χ1n) is 22.8. The Morgan fingerprint density at radius 3 is 1.68 bits per heavy atom. The number of carbonyl (C=O) groups is 1. The number of benzene rings is 4. The van der Waals surface area contributed by atoms with Crippen molar-refractivity contribution in [2.24, 2.45) is 0 Å². The molecule has 0 saturated heterocycles. The van der Waals surface area contributed by atoms with E-state index in [1.807, 2.05) is 11.8 Å². The van der Waals surface area contributed by atoms with Gasteiger partial charge in [-0.1, -0.05) is 42.9 Å². The van der Waals surface area contributed by atoms with Crippen molar-refractivity contribution in [3.63, 3.8) is 0 Å². The molecular formula is C48H57N2O19S5+. The minimum absolute atomic E-state index is 0.00680. The summed E-state index contributed by atoms with van der Waals surface area (Å²) < 4.78 is 187. The van der Waals surface area contributed by atoms with Gasteiger partial charge in [0.2, 0.25) is 5.69 Å². The zero-order chi connectivity index (χ0) is 54.8. The van der Waals surface area contributed by atoms with E-state index in [1.165, 1.54) is 32.4 Å². The Bertz CT molecular complexity index is 3640. The molecule has 0 saturated carbocycles. The second-order valence-corrected chi connectivity index (χ2v) is 25.4. The Balaban J connectivity index is 1.47. The summed E-state index contributed by atoms with van der Waals surface area (Å²) in [6.07, 6.45) is 13.7. The summed E-state index contributed by atoms with van der Waals surface area (Å²) in [6.45, 7) is 4.26. The Kier molecular flexibility index (Phi) is 17.4. The number of fused-ring (bicyclic) bond motifs is 6. The van der Waals surface area contributed by atoms with Crippen molar-refractivity contribution in [2.75, 3.05) is 51.2 Å². The normalized spacial score (nSPS) is 19.4. The highest BCUT2D eigenvalue weighted by atomic mass is 32.2. The van der Waals surface area contributed by atoms with Gasteiger partial charge in [0.15, 0.2) is 5.71 Å². The lowest BCUT2D eigenvalue weighted by Gasteiger charge is -2.30. The van der Waals surface area contributed by atoms with Crippen LogP contribution in [0.5, 0.6) is 0 Å². The maximum atomic E-state index is 12.7. The highest BCUT2D eigenvalue weighted by Gasteiger charge is 2.49. The third-order valence-corrected chi connectivity index (χ3v) is 17.5. The average molecular weight is 1130 g/mol. The first-order chi connectivity index (χ1) is 34.4. The summed E-state index contributed by atoms with van der Waals surface area (Å²) in [5, 5.41) is 9.34. The van der Waals surface area contributed by atoms with Crippen molar-refractivity contribution >= 4 is 95.2 Å². The topological polar surface area (TPSA) is 334 Å². The first-order valence-corrected chi connectivity index (χ1v) is 30.2. The van der Waals surface area contributed by atoms with Gasteiger partial charge in [0.1, 0.15) is 16.3 Å². The zero-order valence-electron chi connectivity index (χ0n) is 40.6. The lowest BCUT2D eigenvalue weighted by atomic mass is 9.75. The minimum atomic E-state index is -5.06. The van der Waals surface area contributed by atoms with E-state index in [4.69, 9.17) is 9.47 Å². The highest BCUT2D eigenvalue weighted by molar-refractivity contribution is 7.87. The Labute approximate surface area is 429 Å². The third kappa shape index (κ3) is 12.5. The van der Waals surface area contributed by atoms with Gasteiger partial charge in [-0.25, -0.2) is 0 Å². The van der Waals surface area contributed by atoms with E-state index in [-0.39, 0.29) is 67.0 Å². The number of anilines is 1. The van der Waals surface area contributed by atoms with Crippen LogP contribution in [-0.4, -0.2) is 132 Å². The number of unbranched alkanes of at least 4 members (excludes halogenated alkanes) is 2. The van der Waals surface area contributed by atoms with Crippen molar-refractivity contribution in [2.45, 2.75) is 89.2 Å². The second-order valence-electron chi connectivity index (χ2n) is 18.2. The Morgan fingerprint density at radius 1 is 0.622 bits per heavy atom. The maximum absolute atomic E-state index is 12.7. The van der Waals surface area contributed by atoms with Crippen molar-refractivity contribution in [1.29, 1.82) is 0 Å². The molecule has 2 aliphatic rings. The fourth-order valence-corrected chi connectivity index (χ4v) is 13.1. The summed E-state index contributed by atoms with van der Waals surface area (Å²) in [5.74, 6) is -1.57. The molecule has 26 heteroatoms. The highest BCUT2D eigenvalue weighted by Crippen LogP contribution is 2.54. The smallest absolute Gasteiger partial charge is 0.303 e. The molecule has 402 valence electrons. The molecule has 0 bridgehead atoms. The molecule has 74 heavy (non-hydrogen) atoms. The van der Waals surface area contributed by atoms with Crippen molar-refractivity contribution in [3.05, 3.63) is 108 Å². The molecule has 6 rings (SSSR count). The van der Waals surface area contributed by atoms with Gasteiger partial charge in [0.25, 0.3) is 50.6 Å². The van der Waals surface area contributed by atoms with E-state index in [0.29, 0.717) is 71.9 Å². The third-order valence-electron chi connectivity index (χ3n) is 13.3. The Hall–Kier alpha value is -5.23. The number of hydrogen-bond acceptors (Lipinski definition) is 14. The largest absolute Gasteiger partial charge is 0.481 e. The number of carboxylic acids is 1. The van der Waals surface area contributed by atoms with Gasteiger partial charge in [0, 0.05) is 92.1 Å². The molecule has 2 atom stereocenters. The van der Waals surface area contributed by atoms with Gasteiger partial charge in [-0.3, -0.25) is 27.6 Å². The number of rotatable bonds is 24. The molecule has 4 aromatic carbocycles. The van der Waals surface area contributed by atoms with Gasteiger partial charge in [0.05, 0.1) is 21.0 Å². The summed E-state index contributed by atoms with van der Waals surface area (Å²) in [6, 6.07) is 9.52. The standard InChI is InChI=1S/C48H56N2O19S5/c1-47(21-25-68-3)42(49(23-12-8-11-16-44(51)52)38-19-17-34-36(45(38)47)28-32(71(56,57)58)30-40(34)73(62,63)64)14-9-6-5-7-10-15-43-48(2,22-26-69-4)46-37-29-33(72(59,60)61)31-41(74(65,66)67)35(37)18-20-39(46)50(43)24-13-27-70(53,54)55/h5-7,9-10,14-15,17-20,28-31H,8,11-13,16,21-27H2,1-4H3,(H5-,51,52,53,54,55,56,57,58,59,60,61,62,63,64,65,66,67)/p+1. The predicted molar refractivity (Wildman–Crippen MR) is 275 cm³/mol. The second kappa shape index (κ2) is 22.2. The van der Waals surface area contributed by atoms with Crippen molar-refractivity contribution < 1.29 is 88.8 Å². The molecule has 2 heterocycles. The van der Waals surface area contributed by atoms with E-state index >= 15 is 0 Å². The van der Waals surface area contributed by atoms with Crippen LogP contribution in [-0.2, 0) is 75.7 Å². The van der Waals surface area contributed by atoms with Crippen LogP contribution < -0.4 is 4.90 Å². The predicted octanol–water partition coefficient (Wildman–Crippen LogP) is 6.66. The number of nitrogens with zero attached hydrogens (tertiary/aromatic N) is 2. The number of ether oxygens (including phenoxy) is 2. The lowest BCUT2D eigenvalue weighted by molar-refractivity contribution is -0.437. The molecular weight excluding hydrogens is 1070 g/mol. The van der Waals surface area contributed by atoms with Crippen LogP contribution >= 0.6 is 0 Å².